The number of para-hydroxylation sites is 1. The number of carbonyl (C=O) groups excluding carboxylic acids is 1. The number of likely N-dealkylation sites (tertiary alicyclic amines) is 1. The number of hydrogen-bond acceptors (Lipinski definition) is 5. The molecular weight excluding hydrogens is 270 g/mol. The molecule has 0 radical (unpaired) electrons. The van der Waals surface area contributed by atoms with Crippen LogP contribution in [-0.2, 0) is 4.79 Å². The van der Waals surface area contributed by atoms with E-state index in [-0.39, 0.29) is 18.4 Å². The van der Waals surface area contributed by atoms with E-state index in [0.29, 0.717) is 30.6 Å². The summed E-state index contributed by atoms with van der Waals surface area (Å²) in [6, 6.07) is 9.34. The zero-order chi connectivity index (χ0) is 14.7. The van der Waals surface area contributed by atoms with Gasteiger partial charge in [0, 0.05) is 20.0 Å². The number of amides is 1. The fourth-order valence-corrected chi connectivity index (χ4v) is 2.42. The van der Waals surface area contributed by atoms with Crippen molar-refractivity contribution in [3.05, 3.63) is 42.1 Å². The van der Waals surface area contributed by atoms with Crippen LogP contribution in [0.25, 0.3) is 0 Å². The summed E-state index contributed by atoms with van der Waals surface area (Å²) in [4.78, 5) is 13.9. The van der Waals surface area contributed by atoms with Crippen LogP contribution in [0.15, 0.2) is 34.7 Å². The third kappa shape index (κ3) is 3.21. The van der Waals surface area contributed by atoms with Crippen molar-refractivity contribution in [2.45, 2.75) is 19.3 Å². The molecule has 2 heterocycles. The summed E-state index contributed by atoms with van der Waals surface area (Å²) in [6.45, 7) is 3.13. The summed E-state index contributed by atoms with van der Waals surface area (Å²) >= 11 is 0. The Morgan fingerprint density at radius 2 is 2.19 bits per heavy atom. The molecule has 1 atom stereocenters. The van der Waals surface area contributed by atoms with Gasteiger partial charge in [-0.25, -0.2) is 0 Å². The molecule has 2 aromatic rings. The number of ether oxygens (including phenoxy) is 1. The molecule has 1 aliphatic heterocycles. The summed E-state index contributed by atoms with van der Waals surface area (Å²) in [7, 11) is 0. The van der Waals surface area contributed by atoms with Crippen molar-refractivity contribution in [2.75, 3.05) is 19.7 Å². The van der Waals surface area contributed by atoms with Crippen molar-refractivity contribution in [2.24, 2.45) is 0 Å². The van der Waals surface area contributed by atoms with E-state index >= 15 is 0 Å². The fraction of sp³-hybridized carbons (Fsp3) is 0.400. The molecule has 1 aromatic carbocycles. The summed E-state index contributed by atoms with van der Waals surface area (Å²) in [5.74, 6) is 1.99. The maximum absolute atomic E-state index is 12.1. The first-order chi connectivity index (χ1) is 10.2. The minimum Gasteiger partial charge on any atom is -0.484 e. The van der Waals surface area contributed by atoms with Gasteiger partial charge in [0.15, 0.2) is 6.61 Å². The first kappa shape index (κ1) is 13.6. The lowest BCUT2D eigenvalue weighted by Crippen LogP contribution is -2.32. The second kappa shape index (κ2) is 5.95. The van der Waals surface area contributed by atoms with Gasteiger partial charge in [0.2, 0.25) is 11.8 Å². The molecule has 0 unspecified atom stereocenters. The van der Waals surface area contributed by atoms with Gasteiger partial charge in [0.05, 0.1) is 5.92 Å². The molecule has 3 rings (SSSR count). The molecule has 1 aromatic heterocycles. The number of hydrogen-bond donors (Lipinski definition) is 0. The Bertz CT molecular complexity index is 612. The molecule has 21 heavy (non-hydrogen) atoms. The first-order valence-corrected chi connectivity index (χ1v) is 6.98. The Labute approximate surface area is 122 Å². The number of carbonyl (C=O) groups is 1. The summed E-state index contributed by atoms with van der Waals surface area (Å²) in [6.07, 6.45) is 0.846. The molecule has 0 N–H and O–H groups in total. The molecular formula is C15H17N3O3. The van der Waals surface area contributed by atoms with Crippen LogP contribution in [0.1, 0.15) is 24.1 Å². The van der Waals surface area contributed by atoms with Crippen molar-refractivity contribution in [3.63, 3.8) is 0 Å². The minimum atomic E-state index is -0.0161. The van der Waals surface area contributed by atoms with E-state index in [4.69, 9.17) is 9.15 Å². The normalized spacial score (nSPS) is 18.0. The van der Waals surface area contributed by atoms with Crippen molar-refractivity contribution >= 4 is 5.91 Å². The average molecular weight is 287 g/mol. The first-order valence-electron chi connectivity index (χ1n) is 6.98. The van der Waals surface area contributed by atoms with Crippen LogP contribution in [0, 0.1) is 6.92 Å². The zero-order valence-corrected chi connectivity index (χ0v) is 11.9. The van der Waals surface area contributed by atoms with Crippen molar-refractivity contribution in [3.8, 4) is 5.75 Å². The van der Waals surface area contributed by atoms with Crippen LogP contribution in [0.5, 0.6) is 5.75 Å². The van der Waals surface area contributed by atoms with E-state index in [1.54, 1.807) is 11.8 Å². The second-order valence-corrected chi connectivity index (χ2v) is 5.09. The largest absolute Gasteiger partial charge is 0.484 e. The second-order valence-electron chi connectivity index (χ2n) is 5.09. The number of nitrogens with zero attached hydrogens (tertiary/aromatic N) is 3. The van der Waals surface area contributed by atoms with Crippen LogP contribution in [-0.4, -0.2) is 40.7 Å². The van der Waals surface area contributed by atoms with Gasteiger partial charge in [-0.15, -0.1) is 10.2 Å². The van der Waals surface area contributed by atoms with E-state index in [2.05, 4.69) is 10.2 Å². The minimum absolute atomic E-state index is 0.0161. The predicted molar refractivity (Wildman–Crippen MR) is 74.9 cm³/mol. The van der Waals surface area contributed by atoms with E-state index < -0.39 is 0 Å². The number of aryl methyl sites for hydroxylation is 1. The van der Waals surface area contributed by atoms with E-state index in [0.717, 1.165) is 6.42 Å². The molecule has 1 fully saturated rings. The molecule has 6 heteroatoms. The van der Waals surface area contributed by atoms with Crippen LogP contribution >= 0.6 is 0 Å². The van der Waals surface area contributed by atoms with Crippen LogP contribution < -0.4 is 4.74 Å². The topological polar surface area (TPSA) is 68.5 Å². The highest BCUT2D eigenvalue weighted by molar-refractivity contribution is 5.78. The Kier molecular flexibility index (Phi) is 3.85. The Hall–Kier alpha value is -2.37. The summed E-state index contributed by atoms with van der Waals surface area (Å²) in [5, 5.41) is 7.86. The lowest BCUT2D eigenvalue weighted by Gasteiger charge is -2.16. The average Bonchev–Trinajstić information content (AvgIpc) is 3.14. The van der Waals surface area contributed by atoms with Gasteiger partial charge in [-0.2, -0.15) is 0 Å². The molecule has 1 saturated heterocycles. The summed E-state index contributed by atoms with van der Waals surface area (Å²) in [5.41, 5.74) is 0. The van der Waals surface area contributed by atoms with Crippen molar-refractivity contribution in [1.29, 1.82) is 0 Å². The molecule has 1 aliphatic rings. The third-order valence-corrected chi connectivity index (χ3v) is 3.54. The Morgan fingerprint density at radius 1 is 1.38 bits per heavy atom. The molecule has 6 nitrogen and oxygen atoms in total. The molecule has 0 aliphatic carbocycles. The lowest BCUT2D eigenvalue weighted by molar-refractivity contribution is -0.132. The quantitative estimate of drug-likeness (QED) is 0.857. The Balaban J connectivity index is 1.52. The van der Waals surface area contributed by atoms with E-state index in [9.17, 15) is 4.79 Å². The number of aromatic nitrogens is 2. The predicted octanol–water partition coefficient (Wildman–Crippen LogP) is 1.77. The third-order valence-electron chi connectivity index (χ3n) is 3.54. The molecule has 0 saturated carbocycles. The van der Waals surface area contributed by atoms with E-state index in [1.807, 2.05) is 30.3 Å². The maximum atomic E-state index is 12.1. The molecule has 1 amide bonds. The number of benzene rings is 1. The van der Waals surface area contributed by atoms with Gasteiger partial charge in [0.25, 0.3) is 5.91 Å². The summed E-state index contributed by atoms with van der Waals surface area (Å²) < 4.78 is 10.9. The highest BCUT2D eigenvalue weighted by Crippen LogP contribution is 2.26. The van der Waals surface area contributed by atoms with Gasteiger partial charge in [-0.05, 0) is 18.6 Å². The fourth-order valence-electron chi connectivity index (χ4n) is 2.42. The zero-order valence-electron chi connectivity index (χ0n) is 11.9. The SMILES string of the molecule is Cc1nnc([C@H]2CCN(C(=O)COc3ccccc3)C2)o1. The van der Waals surface area contributed by atoms with E-state index in [1.165, 1.54) is 0 Å². The smallest absolute Gasteiger partial charge is 0.260 e. The highest BCUT2D eigenvalue weighted by Gasteiger charge is 2.30. The highest BCUT2D eigenvalue weighted by atomic mass is 16.5. The van der Waals surface area contributed by atoms with Gasteiger partial charge in [-0.1, -0.05) is 18.2 Å². The van der Waals surface area contributed by atoms with Gasteiger partial charge in [0.1, 0.15) is 5.75 Å². The lowest BCUT2D eigenvalue weighted by atomic mass is 10.1. The van der Waals surface area contributed by atoms with Crippen LogP contribution in [0.2, 0.25) is 0 Å². The maximum Gasteiger partial charge on any atom is 0.260 e. The van der Waals surface area contributed by atoms with Gasteiger partial charge in [-0.3, -0.25) is 4.79 Å². The van der Waals surface area contributed by atoms with Crippen LogP contribution in [0.4, 0.5) is 0 Å². The monoisotopic (exact) mass is 287 g/mol. The van der Waals surface area contributed by atoms with Crippen LogP contribution in [0.3, 0.4) is 0 Å². The Morgan fingerprint density at radius 3 is 2.90 bits per heavy atom. The number of rotatable bonds is 4. The van der Waals surface area contributed by atoms with Gasteiger partial charge >= 0.3 is 0 Å². The van der Waals surface area contributed by atoms with Gasteiger partial charge < -0.3 is 14.1 Å². The molecule has 0 bridgehead atoms. The van der Waals surface area contributed by atoms with Crippen molar-refractivity contribution < 1.29 is 13.9 Å². The molecule has 0 spiro atoms. The molecule has 110 valence electrons. The van der Waals surface area contributed by atoms with Crippen molar-refractivity contribution in [1.82, 2.24) is 15.1 Å². The standard InChI is InChI=1S/C15H17N3O3/c1-11-16-17-15(21-11)12-7-8-18(9-12)14(19)10-20-13-5-3-2-4-6-13/h2-6,12H,7-10H2,1H3/t12-/m0/s1.